The van der Waals surface area contributed by atoms with Crippen molar-refractivity contribution in [1.82, 2.24) is 10.3 Å². The number of nitrogens with zero attached hydrogens (tertiary/aromatic N) is 2. The third-order valence-corrected chi connectivity index (χ3v) is 2.58. The van der Waals surface area contributed by atoms with Crippen molar-refractivity contribution >= 4 is 29.1 Å². The highest BCUT2D eigenvalue weighted by Crippen LogP contribution is 2.16. The van der Waals surface area contributed by atoms with Crippen molar-refractivity contribution in [3.8, 4) is 6.07 Å². The number of aromatic nitrogens is 1. The summed E-state index contributed by atoms with van der Waals surface area (Å²) in [6.07, 6.45) is 1.38. The minimum atomic E-state index is -0.538. The third kappa shape index (κ3) is 3.88. The van der Waals surface area contributed by atoms with Gasteiger partial charge >= 0.3 is 0 Å². The van der Waals surface area contributed by atoms with E-state index in [9.17, 15) is 4.79 Å². The number of nitriles is 1. The highest BCUT2D eigenvalue weighted by Gasteiger charge is 2.16. The Kier molecular flexibility index (Phi) is 5.20. The van der Waals surface area contributed by atoms with Gasteiger partial charge in [-0.25, -0.2) is 4.98 Å². The predicted octanol–water partition coefficient (Wildman–Crippen LogP) is 2.81. The second-order valence-electron chi connectivity index (χ2n) is 3.41. The van der Waals surface area contributed by atoms with Crippen molar-refractivity contribution in [2.75, 3.05) is 0 Å². The molecule has 1 aromatic heterocycles. The zero-order valence-corrected chi connectivity index (χ0v) is 10.7. The van der Waals surface area contributed by atoms with Crippen LogP contribution >= 0.6 is 23.2 Å². The maximum absolute atomic E-state index is 11.8. The minimum absolute atomic E-state index is 0.0375. The molecule has 0 aromatic carbocycles. The molecule has 0 aliphatic carbocycles. The van der Waals surface area contributed by atoms with E-state index in [1.807, 2.05) is 13.0 Å². The van der Waals surface area contributed by atoms with Gasteiger partial charge < -0.3 is 5.32 Å². The summed E-state index contributed by atoms with van der Waals surface area (Å²) in [4.78, 5) is 15.6. The molecule has 1 amide bonds. The summed E-state index contributed by atoms with van der Waals surface area (Å²) in [6, 6.07) is 4.45. The SMILES string of the molecule is CCCC(C#N)NC(=O)c1nc(Cl)ccc1Cl. The van der Waals surface area contributed by atoms with Crippen LogP contribution in [0.15, 0.2) is 12.1 Å². The molecule has 90 valence electrons. The molecule has 0 radical (unpaired) electrons. The number of nitrogens with one attached hydrogen (secondary N) is 1. The van der Waals surface area contributed by atoms with Gasteiger partial charge in [-0.3, -0.25) is 4.79 Å². The summed E-state index contributed by atoms with van der Waals surface area (Å²) >= 11 is 11.5. The Labute approximate surface area is 110 Å². The number of pyridine rings is 1. The third-order valence-electron chi connectivity index (χ3n) is 2.07. The van der Waals surface area contributed by atoms with Crippen LogP contribution in [0.4, 0.5) is 0 Å². The molecule has 17 heavy (non-hydrogen) atoms. The summed E-state index contributed by atoms with van der Waals surface area (Å²) in [7, 11) is 0. The first kappa shape index (κ1) is 13.8. The van der Waals surface area contributed by atoms with Crippen LogP contribution in [0, 0.1) is 11.3 Å². The maximum atomic E-state index is 11.8. The van der Waals surface area contributed by atoms with Crippen molar-refractivity contribution in [2.45, 2.75) is 25.8 Å². The van der Waals surface area contributed by atoms with E-state index in [1.54, 1.807) is 0 Å². The van der Waals surface area contributed by atoms with Crippen LogP contribution < -0.4 is 5.32 Å². The molecule has 1 unspecified atom stereocenters. The van der Waals surface area contributed by atoms with E-state index in [1.165, 1.54) is 12.1 Å². The van der Waals surface area contributed by atoms with E-state index < -0.39 is 11.9 Å². The van der Waals surface area contributed by atoms with E-state index in [0.29, 0.717) is 6.42 Å². The van der Waals surface area contributed by atoms with Crippen LogP contribution in [0.25, 0.3) is 0 Å². The Hall–Kier alpha value is -1.31. The molecular weight excluding hydrogens is 261 g/mol. The molecular formula is C11H11Cl2N3O. The van der Waals surface area contributed by atoms with Crippen LogP contribution in [0.5, 0.6) is 0 Å². The lowest BCUT2D eigenvalue weighted by atomic mass is 10.2. The summed E-state index contributed by atoms with van der Waals surface area (Å²) in [5, 5.41) is 11.8. The number of carbonyl (C=O) groups is 1. The number of hydrogen-bond acceptors (Lipinski definition) is 3. The van der Waals surface area contributed by atoms with Gasteiger partial charge in [0.2, 0.25) is 0 Å². The number of hydrogen-bond donors (Lipinski definition) is 1. The van der Waals surface area contributed by atoms with Crippen molar-refractivity contribution in [2.24, 2.45) is 0 Å². The Morgan fingerprint density at radius 2 is 2.29 bits per heavy atom. The number of carbonyl (C=O) groups excluding carboxylic acids is 1. The zero-order chi connectivity index (χ0) is 12.8. The van der Waals surface area contributed by atoms with Crippen LogP contribution in [-0.2, 0) is 0 Å². The average Bonchev–Trinajstić information content (AvgIpc) is 2.31. The predicted molar refractivity (Wildman–Crippen MR) is 66.0 cm³/mol. The van der Waals surface area contributed by atoms with E-state index in [2.05, 4.69) is 10.3 Å². The smallest absolute Gasteiger partial charge is 0.272 e. The molecule has 1 N–H and O–H groups in total. The Balaban J connectivity index is 2.83. The van der Waals surface area contributed by atoms with Gasteiger partial charge in [-0.15, -0.1) is 0 Å². The first-order chi connectivity index (χ1) is 8.08. The fourth-order valence-electron chi connectivity index (χ4n) is 1.26. The normalized spacial score (nSPS) is 11.6. The van der Waals surface area contributed by atoms with E-state index in [0.717, 1.165) is 6.42 Å². The van der Waals surface area contributed by atoms with Crippen LogP contribution in [-0.4, -0.2) is 16.9 Å². The highest BCUT2D eigenvalue weighted by molar-refractivity contribution is 6.34. The van der Waals surface area contributed by atoms with Gasteiger partial charge in [-0.05, 0) is 18.6 Å². The minimum Gasteiger partial charge on any atom is -0.335 e. The van der Waals surface area contributed by atoms with E-state index in [-0.39, 0.29) is 15.9 Å². The van der Waals surface area contributed by atoms with Crippen LogP contribution in [0.1, 0.15) is 30.3 Å². The molecule has 1 aromatic rings. The molecule has 0 aliphatic rings. The van der Waals surface area contributed by atoms with Crippen molar-refractivity contribution < 1.29 is 4.79 Å². The molecule has 0 saturated heterocycles. The van der Waals surface area contributed by atoms with Gasteiger partial charge in [0.1, 0.15) is 16.9 Å². The summed E-state index contributed by atoms with van der Waals surface area (Å²) in [5.41, 5.74) is 0.0375. The lowest BCUT2D eigenvalue weighted by Crippen LogP contribution is -2.34. The molecule has 0 bridgehead atoms. The molecule has 6 heteroatoms. The van der Waals surface area contributed by atoms with Gasteiger partial charge in [0.05, 0.1) is 11.1 Å². The quantitative estimate of drug-likeness (QED) is 0.857. The monoisotopic (exact) mass is 271 g/mol. The highest BCUT2D eigenvalue weighted by atomic mass is 35.5. The van der Waals surface area contributed by atoms with Gasteiger partial charge in [0.15, 0.2) is 0 Å². The second-order valence-corrected chi connectivity index (χ2v) is 4.20. The Morgan fingerprint density at radius 3 is 2.88 bits per heavy atom. The fraction of sp³-hybridized carbons (Fsp3) is 0.364. The maximum Gasteiger partial charge on any atom is 0.272 e. The lowest BCUT2D eigenvalue weighted by Gasteiger charge is -2.10. The fourth-order valence-corrected chi connectivity index (χ4v) is 1.60. The summed E-state index contributed by atoms with van der Waals surface area (Å²) < 4.78 is 0. The molecule has 0 spiro atoms. The van der Waals surface area contributed by atoms with Crippen molar-refractivity contribution in [3.63, 3.8) is 0 Å². The largest absolute Gasteiger partial charge is 0.335 e. The number of halogens is 2. The Morgan fingerprint density at radius 1 is 1.59 bits per heavy atom. The Bertz CT molecular complexity index is 457. The second kappa shape index (κ2) is 6.43. The number of rotatable bonds is 4. The van der Waals surface area contributed by atoms with Crippen molar-refractivity contribution in [1.29, 1.82) is 5.26 Å². The van der Waals surface area contributed by atoms with E-state index >= 15 is 0 Å². The first-order valence-corrected chi connectivity index (χ1v) is 5.86. The molecule has 4 nitrogen and oxygen atoms in total. The standard InChI is InChI=1S/C11H11Cl2N3O/c1-2-3-7(6-14)15-11(17)10-8(12)4-5-9(13)16-10/h4-5,7H,2-3H2,1H3,(H,15,17). The van der Waals surface area contributed by atoms with Gasteiger partial charge in [-0.2, -0.15) is 5.26 Å². The zero-order valence-electron chi connectivity index (χ0n) is 9.20. The van der Waals surface area contributed by atoms with Crippen LogP contribution in [0.2, 0.25) is 10.2 Å². The summed E-state index contributed by atoms with van der Waals surface area (Å²) in [5.74, 6) is -0.488. The summed E-state index contributed by atoms with van der Waals surface area (Å²) in [6.45, 7) is 1.93. The molecule has 0 fully saturated rings. The molecule has 1 heterocycles. The molecule has 1 rings (SSSR count). The topological polar surface area (TPSA) is 65.8 Å². The molecule has 0 saturated carbocycles. The van der Waals surface area contributed by atoms with E-state index in [4.69, 9.17) is 28.5 Å². The van der Waals surface area contributed by atoms with Crippen molar-refractivity contribution in [3.05, 3.63) is 28.0 Å². The number of amides is 1. The molecule has 1 atom stereocenters. The van der Waals surface area contributed by atoms with Gasteiger partial charge in [-0.1, -0.05) is 36.5 Å². The lowest BCUT2D eigenvalue weighted by molar-refractivity contribution is 0.0939. The van der Waals surface area contributed by atoms with Crippen LogP contribution in [0.3, 0.4) is 0 Å². The first-order valence-electron chi connectivity index (χ1n) is 5.11. The molecule has 0 aliphatic heterocycles. The van der Waals surface area contributed by atoms with Gasteiger partial charge in [0, 0.05) is 0 Å². The average molecular weight is 272 g/mol. The van der Waals surface area contributed by atoms with Gasteiger partial charge in [0.25, 0.3) is 5.91 Å².